The second kappa shape index (κ2) is 8.03. The van der Waals surface area contributed by atoms with E-state index in [2.05, 4.69) is 19.8 Å². The summed E-state index contributed by atoms with van der Waals surface area (Å²) >= 11 is 0. The second-order valence-corrected chi connectivity index (χ2v) is 9.19. The molecule has 26 heavy (non-hydrogen) atoms. The number of hydrogen-bond donors (Lipinski definition) is 1. The first-order valence-corrected chi connectivity index (χ1v) is 10.7. The smallest absolute Gasteiger partial charge is 0.235 e. The van der Waals surface area contributed by atoms with Gasteiger partial charge in [-0.15, -0.1) is 10.2 Å². The highest BCUT2D eigenvalue weighted by Crippen LogP contribution is 2.23. The largest absolute Gasteiger partial charge is 0.355 e. The number of sulfonamides is 1. The lowest BCUT2D eigenvalue weighted by molar-refractivity contribution is 0.593. The molecule has 1 fully saturated rings. The Morgan fingerprint density at radius 2 is 1.58 bits per heavy atom. The van der Waals surface area contributed by atoms with Crippen molar-refractivity contribution in [3.05, 3.63) is 36.4 Å². The van der Waals surface area contributed by atoms with Crippen molar-refractivity contribution in [1.29, 1.82) is 0 Å². The number of hydrogen-bond acceptors (Lipinski definition) is 5. The molecule has 7 heteroatoms. The molecule has 0 atom stereocenters. The minimum absolute atomic E-state index is 0.473. The van der Waals surface area contributed by atoms with E-state index < -0.39 is 15.3 Å². The van der Waals surface area contributed by atoms with Gasteiger partial charge in [0.2, 0.25) is 10.0 Å². The zero-order valence-corrected chi connectivity index (χ0v) is 16.2. The van der Waals surface area contributed by atoms with E-state index in [1.54, 1.807) is 26.0 Å². The number of nitrogens with zero attached hydrogens (tertiary/aromatic N) is 3. The fraction of sp³-hybridized carbons (Fsp3) is 0.474. The summed E-state index contributed by atoms with van der Waals surface area (Å²) in [5.41, 5.74) is 2.24. The molecule has 2 heterocycles. The van der Waals surface area contributed by atoms with Crippen molar-refractivity contribution in [2.75, 3.05) is 22.7 Å². The Morgan fingerprint density at radius 1 is 0.923 bits per heavy atom. The zero-order valence-electron chi connectivity index (χ0n) is 15.4. The van der Waals surface area contributed by atoms with Gasteiger partial charge in [0.15, 0.2) is 5.82 Å². The van der Waals surface area contributed by atoms with Gasteiger partial charge in [0.25, 0.3) is 0 Å². The molecule has 1 aromatic heterocycles. The van der Waals surface area contributed by atoms with Crippen molar-refractivity contribution in [2.24, 2.45) is 0 Å². The van der Waals surface area contributed by atoms with Crippen molar-refractivity contribution < 1.29 is 8.42 Å². The third kappa shape index (κ3) is 4.52. The molecule has 0 unspecified atom stereocenters. The zero-order chi connectivity index (χ0) is 18.6. The topological polar surface area (TPSA) is 75.2 Å². The molecule has 0 spiro atoms. The van der Waals surface area contributed by atoms with Crippen molar-refractivity contribution >= 4 is 21.5 Å². The highest BCUT2D eigenvalue weighted by molar-refractivity contribution is 7.93. The molecule has 1 aliphatic heterocycles. The fourth-order valence-electron chi connectivity index (χ4n) is 2.94. The fourth-order valence-corrected chi connectivity index (χ4v) is 3.64. The molecular weight excluding hydrogens is 348 g/mol. The molecule has 0 radical (unpaired) electrons. The first-order valence-electron chi connectivity index (χ1n) is 9.16. The van der Waals surface area contributed by atoms with Gasteiger partial charge in [0, 0.05) is 24.3 Å². The maximum absolute atomic E-state index is 11.9. The molecule has 140 valence electrons. The summed E-state index contributed by atoms with van der Waals surface area (Å²) in [6, 6.07) is 11.2. The van der Waals surface area contributed by atoms with Crippen molar-refractivity contribution in [1.82, 2.24) is 10.2 Å². The number of nitrogens with one attached hydrogen (secondary N) is 1. The molecule has 0 bridgehead atoms. The van der Waals surface area contributed by atoms with Crippen LogP contribution in [0.3, 0.4) is 0 Å². The van der Waals surface area contributed by atoms with Crippen LogP contribution in [0.15, 0.2) is 36.4 Å². The van der Waals surface area contributed by atoms with Crippen LogP contribution in [0.1, 0.15) is 39.5 Å². The van der Waals surface area contributed by atoms with E-state index in [1.165, 1.54) is 25.7 Å². The molecular formula is C19H26N4O2S. The standard InChI is InChI=1S/C19H26N4O2S/c1-15(2)26(24,25)22-17-9-7-16(8-10-17)18-11-12-19(21-20-18)23-13-5-3-4-6-14-23/h7-12,15,22H,3-6,13-14H2,1-2H3. The van der Waals surface area contributed by atoms with Crippen LogP contribution in [0.5, 0.6) is 0 Å². The first-order chi connectivity index (χ1) is 12.5. The summed E-state index contributed by atoms with van der Waals surface area (Å²) < 4.78 is 26.4. The Hall–Kier alpha value is -2.15. The van der Waals surface area contributed by atoms with Gasteiger partial charge in [-0.05, 0) is 51.0 Å². The molecule has 1 aliphatic rings. The molecule has 3 rings (SSSR count). The van der Waals surface area contributed by atoms with Gasteiger partial charge < -0.3 is 4.90 Å². The van der Waals surface area contributed by atoms with Crippen LogP contribution in [0.25, 0.3) is 11.3 Å². The Morgan fingerprint density at radius 3 is 2.12 bits per heavy atom. The van der Waals surface area contributed by atoms with Gasteiger partial charge >= 0.3 is 0 Å². The molecule has 0 amide bonds. The van der Waals surface area contributed by atoms with Crippen LogP contribution < -0.4 is 9.62 Å². The molecule has 1 N–H and O–H groups in total. The summed E-state index contributed by atoms with van der Waals surface area (Å²) in [6.45, 7) is 5.38. The van der Waals surface area contributed by atoms with Crippen LogP contribution in [0, 0.1) is 0 Å². The highest BCUT2D eigenvalue weighted by atomic mass is 32.2. The van der Waals surface area contributed by atoms with E-state index in [1.807, 2.05) is 24.3 Å². The molecule has 1 saturated heterocycles. The predicted octanol–water partition coefficient (Wildman–Crippen LogP) is 3.67. The van der Waals surface area contributed by atoms with Crippen molar-refractivity contribution in [3.8, 4) is 11.3 Å². The van der Waals surface area contributed by atoms with Gasteiger partial charge in [-0.1, -0.05) is 25.0 Å². The van der Waals surface area contributed by atoms with Crippen LogP contribution in [0.4, 0.5) is 11.5 Å². The third-order valence-electron chi connectivity index (χ3n) is 4.64. The van der Waals surface area contributed by atoms with E-state index in [0.29, 0.717) is 5.69 Å². The lowest BCUT2D eigenvalue weighted by Gasteiger charge is -2.20. The quantitative estimate of drug-likeness (QED) is 0.864. The van der Waals surface area contributed by atoms with Crippen LogP contribution in [-0.2, 0) is 10.0 Å². The normalized spacial score (nSPS) is 15.7. The summed E-state index contributed by atoms with van der Waals surface area (Å²) in [5, 5.41) is 8.27. The first kappa shape index (κ1) is 18.6. The SMILES string of the molecule is CC(C)S(=O)(=O)Nc1ccc(-c2ccc(N3CCCCCC3)nn2)cc1. The van der Waals surface area contributed by atoms with Crippen LogP contribution >= 0.6 is 0 Å². The third-order valence-corrected chi connectivity index (χ3v) is 6.40. The highest BCUT2D eigenvalue weighted by Gasteiger charge is 2.15. The lowest BCUT2D eigenvalue weighted by atomic mass is 10.1. The van der Waals surface area contributed by atoms with E-state index in [4.69, 9.17) is 0 Å². The second-order valence-electron chi connectivity index (χ2n) is 6.95. The Balaban J connectivity index is 1.71. The average Bonchev–Trinajstić information content (AvgIpc) is 2.91. The maximum atomic E-state index is 11.9. The Kier molecular flexibility index (Phi) is 5.76. The number of anilines is 2. The van der Waals surface area contributed by atoms with Gasteiger partial charge in [-0.3, -0.25) is 4.72 Å². The number of rotatable bonds is 5. The van der Waals surface area contributed by atoms with E-state index in [9.17, 15) is 8.42 Å². The monoisotopic (exact) mass is 374 g/mol. The van der Waals surface area contributed by atoms with Gasteiger partial charge in [-0.25, -0.2) is 8.42 Å². The Bertz CT molecular complexity index is 810. The molecule has 0 aliphatic carbocycles. The van der Waals surface area contributed by atoms with Crippen LogP contribution in [0.2, 0.25) is 0 Å². The van der Waals surface area contributed by atoms with Crippen molar-refractivity contribution in [3.63, 3.8) is 0 Å². The molecule has 2 aromatic rings. The van der Waals surface area contributed by atoms with Crippen molar-refractivity contribution in [2.45, 2.75) is 44.8 Å². The summed E-state index contributed by atoms with van der Waals surface area (Å²) in [4.78, 5) is 2.30. The van der Waals surface area contributed by atoms with Gasteiger partial charge in [0.1, 0.15) is 0 Å². The van der Waals surface area contributed by atoms with Gasteiger partial charge in [0.05, 0.1) is 10.9 Å². The summed E-state index contributed by atoms with van der Waals surface area (Å²) in [6.07, 6.45) is 4.98. The minimum Gasteiger partial charge on any atom is -0.355 e. The average molecular weight is 375 g/mol. The number of benzene rings is 1. The summed E-state index contributed by atoms with van der Waals surface area (Å²) in [7, 11) is -3.33. The lowest BCUT2D eigenvalue weighted by Crippen LogP contribution is -2.25. The number of aromatic nitrogens is 2. The van der Waals surface area contributed by atoms with E-state index in [-0.39, 0.29) is 0 Å². The van der Waals surface area contributed by atoms with E-state index in [0.717, 1.165) is 30.2 Å². The van der Waals surface area contributed by atoms with Gasteiger partial charge in [-0.2, -0.15) is 0 Å². The molecule has 6 nitrogen and oxygen atoms in total. The van der Waals surface area contributed by atoms with Crippen LogP contribution in [-0.4, -0.2) is 37.0 Å². The summed E-state index contributed by atoms with van der Waals surface area (Å²) in [5.74, 6) is 0.928. The molecule has 1 aromatic carbocycles. The minimum atomic E-state index is -3.33. The maximum Gasteiger partial charge on any atom is 0.235 e. The predicted molar refractivity (Wildman–Crippen MR) is 106 cm³/mol. The molecule has 0 saturated carbocycles. The van der Waals surface area contributed by atoms with E-state index >= 15 is 0 Å². The Labute approximate surface area is 155 Å².